The van der Waals surface area contributed by atoms with E-state index in [2.05, 4.69) is 21.7 Å². The number of nitrogens with zero attached hydrogens (tertiary/aromatic N) is 2. The average Bonchev–Trinajstić information content (AvgIpc) is 3.27. The molecule has 2 heterocycles. The van der Waals surface area contributed by atoms with Crippen LogP contribution in [0.25, 0.3) is 0 Å². The number of aromatic nitrogens is 1. The van der Waals surface area contributed by atoms with Crippen molar-refractivity contribution in [2.24, 2.45) is 0 Å². The van der Waals surface area contributed by atoms with Gasteiger partial charge in [-0.1, -0.05) is 30.3 Å². The minimum absolute atomic E-state index is 0.0649. The lowest BCUT2D eigenvalue weighted by atomic mass is 10.1. The highest BCUT2D eigenvalue weighted by Crippen LogP contribution is 2.28. The number of nitrogens with one attached hydrogen (secondary N) is 2. The largest absolute Gasteiger partial charge is 0.352 e. The minimum Gasteiger partial charge on any atom is -0.352 e. The molecule has 0 atom stereocenters. The van der Waals surface area contributed by atoms with Crippen LogP contribution in [0.4, 0.5) is 11.4 Å². The number of carbonyl (C=O) groups is 3. The molecule has 7 nitrogen and oxygen atoms in total. The molecule has 0 spiro atoms. The summed E-state index contributed by atoms with van der Waals surface area (Å²) in [6, 6.07) is 16.5. The van der Waals surface area contributed by atoms with Crippen LogP contribution in [0.1, 0.15) is 44.7 Å². The van der Waals surface area contributed by atoms with Crippen LogP contribution in [-0.2, 0) is 11.2 Å². The van der Waals surface area contributed by atoms with E-state index in [-0.39, 0.29) is 17.7 Å². The maximum absolute atomic E-state index is 12.8. The molecule has 3 amide bonds. The third-order valence-corrected chi connectivity index (χ3v) is 5.74. The number of hydrogen-bond donors (Lipinski definition) is 2. The molecule has 0 radical (unpaired) electrons. The Morgan fingerprint density at radius 2 is 1.76 bits per heavy atom. The smallest absolute Gasteiger partial charge is 0.255 e. The Morgan fingerprint density at radius 1 is 0.970 bits per heavy atom. The van der Waals surface area contributed by atoms with Crippen molar-refractivity contribution in [2.45, 2.75) is 26.2 Å². The monoisotopic (exact) mass is 442 g/mol. The molecule has 0 fully saturated rings. The van der Waals surface area contributed by atoms with Crippen molar-refractivity contribution in [3.8, 4) is 0 Å². The molecule has 33 heavy (non-hydrogen) atoms. The van der Waals surface area contributed by atoms with E-state index < -0.39 is 0 Å². The zero-order valence-corrected chi connectivity index (χ0v) is 18.5. The predicted molar refractivity (Wildman–Crippen MR) is 127 cm³/mol. The first-order valence-corrected chi connectivity index (χ1v) is 11.0. The van der Waals surface area contributed by atoms with Gasteiger partial charge >= 0.3 is 0 Å². The fraction of sp³-hybridized carbons (Fsp3) is 0.231. The van der Waals surface area contributed by atoms with Crippen LogP contribution >= 0.6 is 0 Å². The normalized spacial score (nSPS) is 12.2. The molecule has 4 rings (SSSR count). The lowest BCUT2D eigenvalue weighted by molar-refractivity contribution is -0.118. The summed E-state index contributed by atoms with van der Waals surface area (Å²) >= 11 is 0. The van der Waals surface area contributed by atoms with Crippen molar-refractivity contribution in [3.05, 3.63) is 89.2 Å². The van der Waals surface area contributed by atoms with Crippen LogP contribution in [0.5, 0.6) is 0 Å². The molecular weight excluding hydrogens is 416 g/mol. The Kier molecular flexibility index (Phi) is 6.78. The maximum Gasteiger partial charge on any atom is 0.255 e. The lowest BCUT2D eigenvalue weighted by Crippen LogP contribution is -2.31. The fourth-order valence-electron chi connectivity index (χ4n) is 3.98. The van der Waals surface area contributed by atoms with Crippen LogP contribution in [-0.4, -0.2) is 35.8 Å². The summed E-state index contributed by atoms with van der Waals surface area (Å²) in [6.45, 7) is 2.91. The van der Waals surface area contributed by atoms with Gasteiger partial charge in [0, 0.05) is 43.2 Å². The van der Waals surface area contributed by atoms with E-state index >= 15 is 0 Å². The van der Waals surface area contributed by atoms with Gasteiger partial charge in [-0.05, 0) is 55.2 Å². The summed E-state index contributed by atoms with van der Waals surface area (Å²) in [5.74, 6) is -0.532. The Labute approximate surface area is 192 Å². The van der Waals surface area contributed by atoms with E-state index in [1.165, 1.54) is 5.56 Å². The molecule has 0 bridgehead atoms. The molecule has 3 aromatic rings. The van der Waals surface area contributed by atoms with Crippen LogP contribution < -0.4 is 15.5 Å². The first kappa shape index (κ1) is 22.2. The van der Waals surface area contributed by atoms with Gasteiger partial charge in [0.25, 0.3) is 11.8 Å². The van der Waals surface area contributed by atoms with Gasteiger partial charge in [-0.25, -0.2) is 0 Å². The second kappa shape index (κ2) is 10.1. The maximum atomic E-state index is 12.8. The number of amides is 3. The van der Waals surface area contributed by atoms with Gasteiger partial charge in [0.05, 0.1) is 11.3 Å². The minimum atomic E-state index is -0.308. The second-order valence-corrected chi connectivity index (χ2v) is 7.97. The number of anilines is 2. The first-order valence-electron chi connectivity index (χ1n) is 11.0. The molecule has 2 N–H and O–H groups in total. The van der Waals surface area contributed by atoms with E-state index in [9.17, 15) is 14.4 Å². The number of hydrogen-bond acceptors (Lipinski definition) is 4. The summed E-state index contributed by atoms with van der Waals surface area (Å²) in [7, 11) is 0. The molecule has 0 unspecified atom stereocenters. The molecule has 7 heteroatoms. The first-order chi connectivity index (χ1) is 16.0. The van der Waals surface area contributed by atoms with Crippen molar-refractivity contribution in [1.82, 2.24) is 10.3 Å². The summed E-state index contributed by atoms with van der Waals surface area (Å²) in [4.78, 5) is 43.8. The van der Waals surface area contributed by atoms with Gasteiger partial charge in [-0.15, -0.1) is 0 Å². The van der Waals surface area contributed by atoms with Crippen molar-refractivity contribution in [1.29, 1.82) is 0 Å². The van der Waals surface area contributed by atoms with Gasteiger partial charge in [0.15, 0.2) is 0 Å². The molecule has 0 aliphatic carbocycles. The molecule has 1 aliphatic rings. The zero-order valence-electron chi connectivity index (χ0n) is 18.5. The number of aryl methyl sites for hydroxylation is 1. The van der Waals surface area contributed by atoms with E-state index in [0.29, 0.717) is 42.7 Å². The molecule has 168 valence electrons. The van der Waals surface area contributed by atoms with Gasteiger partial charge in [-0.3, -0.25) is 19.4 Å². The standard InChI is InChI=1S/C26H26N4O3/c1-18-6-4-8-21(24(18)29-25(32)20-11-15-27-16-12-20)26(33)28-14-5-10-23(31)30-17-13-19-7-2-3-9-22(19)30/h2-4,6-9,11-12,15-16H,5,10,13-14,17H2,1H3,(H,28,33)(H,29,32). The summed E-state index contributed by atoms with van der Waals surface area (Å²) in [6.07, 6.45) is 4.85. The molecule has 2 aromatic carbocycles. The average molecular weight is 443 g/mol. The third-order valence-electron chi connectivity index (χ3n) is 5.74. The predicted octanol–water partition coefficient (Wildman–Crippen LogP) is 3.74. The highest BCUT2D eigenvalue weighted by molar-refractivity contribution is 6.09. The Hall–Kier alpha value is -4.00. The quantitative estimate of drug-likeness (QED) is 0.546. The highest BCUT2D eigenvalue weighted by Gasteiger charge is 2.23. The van der Waals surface area contributed by atoms with Gasteiger partial charge < -0.3 is 15.5 Å². The van der Waals surface area contributed by atoms with E-state index in [1.807, 2.05) is 36.1 Å². The second-order valence-electron chi connectivity index (χ2n) is 7.97. The lowest BCUT2D eigenvalue weighted by Gasteiger charge is -2.17. The summed E-state index contributed by atoms with van der Waals surface area (Å²) in [5.41, 5.74) is 4.29. The Bertz CT molecular complexity index is 1180. The summed E-state index contributed by atoms with van der Waals surface area (Å²) in [5, 5.41) is 5.72. The number of para-hydroxylation sites is 2. The van der Waals surface area contributed by atoms with Gasteiger partial charge in [-0.2, -0.15) is 0 Å². The molecular formula is C26H26N4O3. The van der Waals surface area contributed by atoms with Gasteiger partial charge in [0.1, 0.15) is 0 Å². The van der Waals surface area contributed by atoms with Crippen molar-refractivity contribution in [3.63, 3.8) is 0 Å². The van der Waals surface area contributed by atoms with Crippen molar-refractivity contribution in [2.75, 3.05) is 23.3 Å². The fourth-order valence-corrected chi connectivity index (χ4v) is 3.98. The van der Waals surface area contributed by atoms with Crippen molar-refractivity contribution < 1.29 is 14.4 Å². The number of fused-ring (bicyclic) bond motifs is 1. The SMILES string of the molecule is Cc1cccc(C(=O)NCCCC(=O)N2CCc3ccccc32)c1NC(=O)c1ccncc1. The number of benzene rings is 2. The van der Waals surface area contributed by atoms with E-state index in [1.54, 1.807) is 36.7 Å². The molecule has 1 aliphatic heterocycles. The Balaban J connectivity index is 1.33. The molecule has 0 saturated carbocycles. The third kappa shape index (κ3) is 5.09. The number of carbonyl (C=O) groups excluding carboxylic acids is 3. The van der Waals surface area contributed by atoms with E-state index in [0.717, 1.165) is 17.7 Å². The van der Waals surface area contributed by atoms with Crippen molar-refractivity contribution >= 4 is 29.1 Å². The highest BCUT2D eigenvalue weighted by atomic mass is 16.2. The number of pyridine rings is 1. The van der Waals surface area contributed by atoms with Crippen LogP contribution in [0, 0.1) is 6.92 Å². The van der Waals surface area contributed by atoms with Gasteiger partial charge in [0.2, 0.25) is 5.91 Å². The summed E-state index contributed by atoms with van der Waals surface area (Å²) < 4.78 is 0. The van der Waals surface area contributed by atoms with Crippen LogP contribution in [0.2, 0.25) is 0 Å². The topological polar surface area (TPSA) is 91.4 Å². The zero-order chi connectivity index (χ0) is 23.2. The van der Waals surface area contributed by atoms with Crippen LogP contribution in [0.3, 0.4) is 0 Å². The van der Waals surface area contributed by atoms with E-state index in [4.69, 9.17) is 0 Å². The van der Waals surface area contributed by atoms with Crippen LogP contribution in [0.15, 0.2) is 67.0 Å². The number of rotatable bonds is 7. The molecule has 1 aromatic heterocycles. The molecule has 0 saturated heterocycles. The Morgan fingerprint density at radius 3 is 2.58 bits per heavy atom.